The first-order chi connectivity index (χ1) is 13.8. The standard InChI is InChI=1S/C21H21F3N4O/c1-3-18-8-9-19(26-25-18)27-10-12-28(13-11-27)20(29)14-16-4-6-17(7-5-16)15(2)21(22,23)24/h1,4-9,15H,10-14H2,2H3. The Kier molecular flexibility index (Phi) is 6.06. The highest BCUT2D eigenvalue weighted by molar-refractivity contribution is 5.79. The molecule has 0 spiro atoms. The van der Waals surface area contributed by atoms with Crippen LogP contribution in [-0.2, 0) is 11.2 Å². The number of anilines is 1. The van der Waals surface area contributed by atoms with E-state index < -0.39 is 12.1 Å². The number of terminal acetylenes is 1. The fraction of sp³-hybridized carbons (Fsp3) is 0.381. The van der Waals surface area contributed by atoms with Gasteiger partial charge in [0, 0.05) is 26.2 Å². The van der Waals surface area contributed by atoms with Gasteiger partial charge in [0.05, 0.1) is 12.3 Å². The summed E-state index contributed by atoms with van der Waals surface area (Å²) in [5, 5.41) is 8.04. The van der Waals surface area contributed by atoms with Crippen molar-refractivity contribution >= 4 is 11.7 Å². The zero-order chi connectivity index (χ0) is 21.0. The number of piperazine rings is 1. The van der Waals surface area contributed by atoms with Crippen molar-refractivity contribution in [3.05, 3.63) is 53.2 Å². The first-order valence-electron chi connectivity index (χ1n) is 9.26. The van der Waals surface area contributed by atoms with Crippen LogP contribution in [0.2, 0.25) is 0 Å². The van der Waals surface area contributed by atoms with Crippen molar-refractivity contribution in [1.29, 1.82) is 0 Å². The van der Waals surface area contributed by atoms with Crippen molar-refractivity contribution in [2.24, 2.45) is 0 Å². The minimum Gasteiger partial charge on any atom is -0.352 e. The zero-order valence-electron chi connectivity index (χ0n) is 16.0. The second-order valence-electron chi connectivity index (χ2n) is 6.97. The Morgan fingerprint density at radius 1 is 1.10 bits per heavy atom. The zero-order valence-corrected chi connectivity index (χ0v) is 16.0. The van der Waals surface area contributed by atoms with Crippen LogP contribution in [0.5, 0.6) is 0 Å². The number of halogens is 3. The molecule has 1 amide bonds. The summed E-state index contributed by atoms with van der Waals surface area (Å²) in [6, 6.07) is 9.60. The van der Waals surface area contributed by atoms with Crippen molar-refractivity contribution in [3.63, 3.8) is 0 Å². The molecule has 3 rings (SSSR count). The molecule has 2 heterocycles. The van der Waals surface area contributed by atoms with E-state index in [0.717, 1.165) is 6.92 Å². The van der Waals surface area contributed by atoms with Crippen LogP contribution in [0.15, 0.2) is 36.4 Å². The maximum Gasteiger partial charge on any atom is 0.395 e. The third kappa shape index (κ3) is 5.05. The Labute approximate surface area is 167 Å². The second-order valence-corrected chi connectivity index (χ2v) is 6.97. The Balaban J connectivity index is 1.53. The van der Waals surface area contributed by atoms with Crippen LogP contribution in [0.4, 0.5) is 19.0 Å². The first-order valence-corrected chi connectivity index (χ1v) is 9.26. The average Bonchev–Trinajstić information content (AvgIpc) is 2.73. The van der Waals surface area contributed by atoms with E-state index in [2.05, 4.69) is 16.1 Å². The molecular formula is C21H21F3N4O. The van der Waals surface area contributed by atoms with Crippen LogP contribution in [0, 0.1) is 12.3 Å². The van der Waals surface area contributed by atoms with Gasteiger partial charge >= 0.3 is 6.18 Å². The van der Waals surface area contributed by atoms with Gasteiger partial charge in [-0.1, -0.05) is 24.3 Å². The lowest BCUT2D eigenvalue weighted by Gasteiger charge is -2.35. The van der Waals surface area contributed by atoms with Crippen molar-refractivity contribution < 1.29 is 18.0 Å². The van der Waals surface area contributed by atoms with E-state index in [0.29, 0.717) is 43.3 Å². The second kappa shape index (κ2) is 8.52. The quantitative estimate of drug-likeness (QED) is 0.738. The topological polar surface area (TPSA) is 49.3 Å². The van der Waals surface area contributed by atoms with Crippen LogP contribution in [-0.4, -0.2) is 53.4 Å². The molecule has 1 saturated heterocycles. The molecule has 0 bridgehead atoms. The molecule has 0 saturated carbocycles. The molecule has 1 atom stereocenters. The van der Waals surface area contributed by atoms with Gasteiger partial charge in [-0.05, 0) is 36.1 Å². The Morgan fingerprint density at radius 2 is 1.76 bits per heavy atom. The summed E-state index contributed by atoms with van der Waals surface area (Å²) in [5.41, 5.74) is 1.36. The number of carbonyl (C=O) groups excluding carboxylic acids is 1. The highest BCUT2D eigenvalue weighted by Crippen LogP contribution is 2.34. The van der Waals surface area contributed by atoms with E-state index in [1.165, 1.54) is 12.1 Å². The van der Waals surface area contributed by atoms with Gasteiger partial charge in [-0.3, -0.25) is 4.79 Å². The molecule has 1 unspecified atom stereocenters. The predicted octanol–water partition coefficient (Wildman–Crippen LogP) is 3.02. The van der Waals surface area contributed by atoms with E-state index in [-0.39, 0.29) is 17.9 Å². The first kappa shape index (κ1) is 20.6. The normalized spacial score (nSPS) is 15.7. The Morgan fingerprint density at radius 3 is 2.28 bits per heavy atom. The molecule has 0 radical (unpaired) electrons. The maximum atomic E-state index is 12.8. The molecule has 5 nitrogen and oxygen atoms in total. The van der Waals surface area contributed by atoms with Gasteiger partial charge in [0.15, 0.2) is 5.82 Å². The van der Waals surface area contributed by atoms with Gasteiger partial charge in [-0.2, -0.15) is 13.2 Å². The van der Waals surface area contributed by atoms with E-state index >= 15 is 0 Å². The van der Waals surface area contributed by atoms with Gasteiger partial charge in [0.2, 0.25) is 5.91 Å². The highest BCUT2D eigenvalue weighted by Gasteiger charge is 2.36. The molecule has 1 aromatic carbocycles. The lowest BCUT2D eigenvalue weighted by atomic mass is 9.98. The number of carbonyl (C=O) groups is 1. The molecule has 152 valence electrons. The molecular weight excluding hydrogens is 381 g/mol. The van der Waals surface area contributed by atoms with E-state index in [1.54, 1.807) is 23.1 Å². The third-order valence-electron chi connectivity index (χ3n) is 5.08. The molecule has 0 aliphatic carbocycles. The molecule has 1 aromatic heterocycles. The summed E-state index contributed by atoms with van der Waals surface area (Å²) in [7, 11) is 0. The van der Waals surface area contributed by atoms with E-state index in [4.69, 9.17) is 6.42 Å². The molecule has 2 aromatic rings. The molecule has 8 heteroatoms. The lowest BCUT2D eigenvalue weighted by molar-refractivity contribution is -0.146. The Hall–Kier alpha value is -3.08. The number of hydrogen-bond acceptors (Lipinski definition) is 4. The van der Waals surface area contributed by atoms with Gasteiger partial charge in [0.1, 0.15) is 5.69 Å². The number of benzene rings is 1. The monoisotopic (exact) mass is 402 g/mol. The molecule has 29 heavy (non-hydrogen) atoms. The largest absolute Gasteiger partial charge is 0.395 e. The Bertz CT molecular complexity index is 880. The number of alkyl halides is 3. The number of aromatic nitrogens is 2. The van der Waals surface area contributed by atoms with E-state index in [9.17, 15) is 18.0 Å². The molecule has 1 aliphatic heterocycles. The van der Waals surface area contributed by atoms with Gasteiger partial charge in [0.25, 0.3) is 0 Å². The summed E-state index contributed by atoms with van der Waals surface area (Å²) in [5.74, 6) is 1.56. The summed E-state index contributed by atoms with van der Waals surface area (Å²) in [6.07, 6.45) is 1.16. The van der Waals surface area contributed by atoms with Crippen LogP contribution in [0.25, 0.3) is 0 Å². The van der Waals surface area contributed by atoms with Crippen LogP contribution < -0.4 is 4.90 Å². The minimum absolute atomic E-state index is 0.0463. The third-order valence-corrected chi connectivity index (χ3v) is 5.08. The van der Waals surface area contributed by atoms with Gasteiger partial charge < -0.3 is 9.80 Å². The minimum atomic E-state index is -4.28. The van der Waals surface area contributed by atoms with Crippen LogP contribution in [0.3, 0.4) is 0 Å². The number of nitrogens with zero attached hydrogens (tertiary/aromatic N) is 4. The molecule has 1 fully saturated rings. The van der Waals surface area contributed by atoms with Gasteiger partial charge in [-0.15, -0.1) is 16.6 Å². The smallest absolute Gasteiger partial charge is 0.352 e. The van der Waals surface area contributed by atoms with Gasteiger partial charge in [-0.25, -0.2) is 0 Å². The van der Waals surface area contributed by atoms with Crippen molar-refractivity contribution in [2.75, 3.05) is 31.1 Å². The fourth-order valence-corrected chi connectivity index (χ4v) is 3.16. The van der Waals surface area contributed by atoms with Crippen molar-refractivity contribution in [3.8, 4) is 12.3 Å². The molecule has 0 N–H and O–H groups in total. The summed E-state index contributed by atoms with van der Waals surface area (Å²) >= 11 is 0. The van der Waals surface area contributed by atoms with Crippen molar-refractivity contribution in [1.82, 2.24) is 15.1 Å². The SMILES string of the molecule is C#Cc1ccc(N2CCN(C(=O)Cc3ccc(C(C)C(F)(F)F)cc3)CC2)nn1. The summed E-state index contributed by atoms with van der Waals surface area (Å²) in [4.78, 5) is 16.3. The highest BCUT2D eigenvalue weighted by atomic mass is 19.4. The summed E-state index contributed by atoms with van der Waals surface area (Å²) < 4.78 is 38.4. The predicted molar refractivity (Wildman–Crippen MR) is 103 cm³/mol. The number of rotatable bonds is 4. The average molecular weight is 402 g/mol. The molecule has 1 aliphatic rings. The van der Waals surface area contributed by atoms with Crippen LogP contribution >= 0.6 is 0 Å². The lowest BCUT2D eigenvalue weighted by Crippen LogP contribution is -2.49. The number of amides is 1. The number of hydrogen-bond donors (Lipinski definition) is 0. The maximum absolute atomic E-state index is 12.8. The van der Waals surface area contributed by atoms with Crippen molar-refractivity contribution in [2.45, 2.75) is 25.4 Å². The van der Waals surface area contributed by atoms with Crippen LogP contribution in [0.1, 0.15) is 29.7 Å². The van der Waals surface area contributed by atoms with E-state index in [1.807, 2.05) is 11.0 Å². The fourth-order valence-electron chi connectivity index (χ4n) is 3.16. The summed E-state index contributed by atoms with van der Waals surface area (Å²) in [6.45, 7) is 3.46.